The van der Waals surface area contributed by atoms with Crippen LogP contribution in [0.3, 0.4) is 0 Å². The predicted molar refractivity (Wildman–Crippen MR) is 81.6 cm³/mol. The SMILES string of the molecule is CCCCCCC(=O)NCc1sccc1/C=C/C(=O)O. The van der Waals surface area contributed by atoms with Crippen molar-refractivity contribution in [3.8, 4) is 0 Å². The Labute approximate surface area is 123 Å². The van der Waals surface area contributed by atoms with Gasteiger partial charge in [0.2, 0.25) is 5.91 Å². The summed E-state index contributed by atoms with van der Waals surface area (Å²) in [5, 5.41) is 13.4. The first-order valence-corrected chi connectivity index (χ1v) is 7.75. The molecule has 0 aliphatic heterocycles. The van der Waals surface area contributed by atoms with Crippen molar-refractivity contribution in [3.63, 3.8) is 0 Å². The van der Waals surface area contributed by atoms with Crippen molar-refractivity contribution in [3.05, 3.63) is 28.0 Å². The maximum Gasteiger partial charge on any atom is 0.328 e. The first kappa shape index (κ1) is 16.4. The molecule has 0 aliphatic carbocycles. The molecule has 0 fully saturated rings. The van der Waals surface area contributed by atoms with E-state index in [1.807, 2.05) is 11.4 Å². The molecular weight excluding hydrogens is 274 g/mol. The van der Waals surface area contributed by atoms with E-state index in [0.29, 0.717) is 13.0 Å². The van der Waals surface area contributed by atoms with Gasteiger partial charge in [-0.15, -0.1) is 11.3 Å². The average molecular weight is 295 g/mol. The Hall–Kier alpha value is -1.62. The lowest BCUT2D eigenvalue weighted by atomic mass is 10.1. The van der Waals surface area contributed by atoms with Crippen molar-refractivity contribution >= 4 is 29.3 Å². The fourth-order valence-corrected chi connectivity index (χ4v) is 2.59. The maximum atomic E-state index is 11.7. The molecule has 0 unspecified atom stereocenters. The predicted octanol–water partition coefficient (Wildman–Crippen LogP) is 3.43. The summed E-state index contributed by atoms with van der Waals surface area (Å²) < 4.78 is 0. The third kappa shape index (κ3) is 6.52. The molecule has 4 nitrogen and oxygen atoms in total. The van der Waals surface area contributed by atoms with Gasteiger partial charge in [0.25, 0.3) is 0 Å². The molecule has 1 aromatic heterocycles. The Bertz CT molecular complexity index is 465. The van der Waals surface area contributed by atoms with E-state index in [1.165, 1.54) is 17.8 Å². The summed E-state index contributed by atoms with van der Waals surface area (Å²) in [5.41, 5.74) is 0.851. The summed E-state index contributed by atoms with van der Waals surface area (Å²) in [7, 11) is 0. The molecule has 1 aromatic rings. The molecule has 0 saturated heterocycles. The summed E-state index contributed by atoms with van der Waals surface area (Å²) in [6.45, 7) is 2.60. The van der Waals surface area contributed by atoms with Gasteiger partial charge in [0.1, 0.15) is 0 Å². The lowest BCUT2D eigenvalue weighted by molar-refractivity contribution is -0.131. The minimum Gasteiger partial charge on any atom is -0.478 e. The Morgan fingerprint density at radius 2 is 2.15 bits per heavy atom. The third-order valence-corrected chi connectivity index (χ3v) is 3.83. The van der Waals surface area contributed by atoms with Crippen molar-refractivity contribution in [2.45, 2.75) is 45.6 Å². The van der Waals surface area contributed by atoms with E-state index in [1.54, 1.807) is 6.08 Å². The number of carbonyl (C=O) groups excluding carboxylic acids is 1. The molecule has 0 aromatic carbocycles. The topological polar surface area (TPSA) is 66.4 Å². The second kappa shape index (κ2) is 9.31. The molecule has 20 heavy (non-hydrogen) atoms. The lowest BCUT2D eigenvalue weighted by Gasteiger charge is -2.04. The van der Waals surface area contributed by atoms with Gasteiger partial charge in [0.05, 0.1) is 6.54 Å². The number of hydrogen-bond acceptors (Lipinski definition) is 3. The molecule has 1 heterocycles. The van der Waals surface area contributed by atoms with Crippen LogP contribution in [0.2, 0.25) is 0 Å². The quantitative estimate of drug-likeness (QED) is 0.542. The zero-order valence-electron chi connectivity index (χ0n) is 11.7. The number of aliphatic carboxylic acids is 1. The molecule has 0 spiro atoms. The van der Waals surface area contributed by atoms with Gasteiger partial charge in [0.15, 0.2) is 0 Å². The number of carbonyl (C=O) groups is 2. The second-order valence-electron chi connectivity index (χ2n) is 4.56. The van der Waals surface area contributed by atoms with Crippen molar-refractivity contribution in [2.75, 3.05) is 0 Å². The van der Waals surface area contributed by atoms with Gasteiger partial charge in [-0.25, -0.2) is 4.79 Å². The molecule has 110 valence electrons. The normalized spacial score (nSPS) is 10.8. The fourth-order valence-electron chi connectivity index (χ4n) is 1.78. The van der Waals surface area contributed by atoms with E-state index < -0.39 is 5.97 Å². The van der Waals surface area contributed by atoms with Gasteiger partial charge in [-0.1, -0.05) is 26.2 Å². The average Bonchev–Trinajstić information content (AvgIpc) is 2.86. The first-order chi connectivity index (χ1) is 9.63. The molecule has 5 heteroatoms. The molecule has 0 radical (unpaired) electrons. The van der Waals surface area contributed by atoms with Gasteiger partial charge < -0.3 is 10.4 Å². The zero-order chi connectivity index (χ0) is 14.8. The van der Waals surface area contributed by atoms with Crippen LogP contribution in [0.15, 0.2) is 17.5 Å². The van der Waals surface area contributed by atoms with Crippen LogP contribution in [-0.2, 0) is 16.1 Å². The summed E-state index contributed by atoms with van der Waals surface area (Å²) in [5.74, 6) is -0.912. The summed E-state index contributed by atoms with van der Waals surface area (Å²) in [4.78, 5) is 23.1. The Morgan fingerprint density at radius 1 is 1.35 bits per heavy atom. The van der Waals surface area contributed by atoms with Crippen LogP contribution in [0.25, 0.3) is 6.08 Å². The first-order valence-electron chi connectivity index (χ1n) is 6.87. The highest BCUT2D eigenvalue weighted by molar-refractivity contribution is 7.10. The van der Waals surface area contributed by atoms with Crippen molar-refractivity contribution in [2.24, 2.45) is 0 Å². The molecule has 1 rings (SSSR count). The van der Waals surface area contributed by atoms with E-state index in [2.05, 4.69) is 12.2 Å². The summed E-state index contributed by atoms with van der Waals surface area (Å²) in [6, 6.07) is 1.85. The number of carboxylic acids is 1. The van der Waals surface area contributed by atoms with Gasteiger partial charge in [-0.3, -0.25) is 4.79 Å². The number of thiophene rings is 1. The fraction of sp³-hybridized carbons (Fsp3) is 0.467. The number of amides is 1. The molecule has 0 saturated carbocycles. The lowest BCUT2D eigenvalue weighted by Crippen LogP contribution is -2.22. The van der Waals surface area contributed by atoms with Crippen molar-refractivity contribution in [1.29, 1.82) is 0 Å². The highest BCUT2D eigenvalue weighted by atomic mass is 32.1. The van der Waals surface area contributed by atoms with Gasteiger partial charge in [-0.05, 0) is 29.5 Å². The molecule has 0 bridgehead atoms. The standard InChI is InChI=1S/C15H21NO3S/c1-2-3-4-5-6-14(17)16-11-13-12(9-10-20-13)7-8-15(18)19/h7-10H,2-6,11H2,1H3,(H,16,17)(H,18,19)/b8-7+. The Balaban J connectivity index is 2.36. The van der Waals surface area contributed by atoms with Gasteiger partial charge in [0, 0.05) is 17.4 Å². The number of hydrogen-bond donors (Lipinski definition) is 2. The number of nitrogens with one attached hydrogen (secondary N) is 1. The number of unbranched alkanes of at least 4 members (excludes halogenated alkanes) is 3. The molecular formula is C15H21NO3S. The third-order valence-electron chi connectivity index (χ3n) is 2.89. The highest BCUT2D eigenvalue weighted by Crippen LogP contribution is 2.18. The molecule has 2 N–H and O–H groups in total. The molecule has 1 amide bonds. The smallest absolute Gasteiger partial charge is 0.328 e. The minimum absolute atomic E-state index is 0.0580. The van der Waals surface area contributed by atoms with Crippen LogP contribution in [0.5, 0.6) is 0 Å². The van der Waals surface area contributed by atoms with E-state index in [-0.39, 0.29) is 5.91 Å². The number of rotatable bonds is 9. The Kier molecular flexibility index (Phi) is 7.65. The van der Waals surface area contributed by atoms with Crippen LogP contribution in [0.1, 0.15) is 49.5 Å². The van der Waals surface area contributed by atoms with Crippen LogP contribution >= 0.6 is 11.3 Å². The van der Waals surface area contributed by atoms with Gasteiger partial charge in [-0.2, -0.15) is 0 Å². The maximum absolute atomic E-state index is 11.7. The molecule has 0 atom stereocenters. The monoisotopic (exact) mass is 295 g/mol. The zero-order valence-corrected chi connectivity index (χ0v) is 12.5. The second-order valence-corrected chi connectivity index (χ2v) is 5.56. The summed E-state index contributed by atoms with van der Waals surface area (Å²) in [6.07, 6.45) is 7.58. The van der Waals surface area contributed by atoms with E-state index >= 15 is 0 Å². The van der Waals surface area contributed by atoms with E-state index in [0.717, 1.165) is 35.8 Å². The van der Waals surface area contributed by atoms with Crippen LogP contribution in [0, 0.1) is 0 Å². The van der Waals surface area contributed by atoms with Crippen LogP contribution in [0.4, 0.5) is 0 Å². The van der Waals surface area contributed by atoms with Gasteiger partial charge >= 0.3 is 5.97 Å². The molecule has 0 aliphatic rings. The van der Waals surface area contributed by atoms with E-state index in [4.69, 9.17) is 5.11 Å². The Morgan fingerprint density at radius 3 is 2.85 bits per heavy atom. The van der Waals surface area contributed by atoms with Crippen molar-refractivity contribution < 1.29 is 14.7 Å². The minimum atomic E-state index is -0.970. The summed E-state index contributed by atoms with van der Waals surface area (Å²) >= 11 is 1.52. The van der Waals surface area contributed by atoms with E-state index in [9.17, 15) is 9.59 Å². The van der Waals surface area contributed by atoms with Crippen LogP contribution < -0.4 is 5.32 Å². The highest BCUT2D eigenvalue weighted by Gasteiger charge is 2.05. The number of carboxylic acid groups (broad SMARTS) is 1. The largest absolute Gasteiger partial charge is 0.478 e. The van der Waals surface area contributed by atoms with Crippen LogP contribution in [-0.4, -0.2) is 17.0 Å². The van der Waals surface area contributed by atoms with Crippen molar-refractivity contribution in [1.82, 2.24) is 5.32 Å².